The Morgan fingerprint density at radius 3 is 1.86 bits per heavy atom. The number of aliphatic imine (C=N–C) groups is 1. The van der Waals surface area contributed by atoms with Gasteiger partial charge in [0.15, 0.2) is 0 Å². The molecule has 7 atom stereocenters. The molecule has 96 heavy (non-hydrogen) atoms. The van der Waals surface area contributed by atoms with Crippen LogP contribution in [0, 0.1) is 17.8 Å². The van der Waals surface area contributed by atoms with Crippen molar-refractivity contribution in [3.8, 4) is 0 Å². The average molecular weight is 1350 g/mol. The van der Waals surface area contributed by atoms with Gasteiger partial charge in [-0.3, -0.25) is 57.5 Å². The molecule has 5 aliphatic rings. The summed E-state index contributed by atoms with van der Waals surface area (Å²) in [6, 6.07) is -2.56. The fourth-order valence-corrected chi connectivity index (χ4v) is 13.8. The fourth-order valence-electron chi connectivity index (χ4n) is 13.8. The van der Waals surface area contributed by atoms with Gasteiger partial charge < -0.3 is 54.7 Å². The first-order valence-corrected chi connectivity index (χ1v) is 34.7. The van der Waals surface area contributed by atoms with Crippen LogP contribution in [-0.2, 0) is 70.1 Å². The number of amides is 12. The van der Waals surface area contributed by atoms with E-state index in [2.05, 4.69) is 15.6 Å². The zero-order valence-electron chi connectivity index (χ0n) is 58.2. The molecule has 27 heteroatoms. The molecule has 4 fully saturated rings. The third-order valence-corrected chi connectivity index (χ3v) is 20.4. The van der Waals surface area contributed by atoms with E-state index in [-0.39, 0.29) is 68.6 Å². The van der Waals surface area contributed by atoms with E-state index in [1.54, 1.807) is 25.8 Å². The molecule has 534 valence electrons. The van der Waals surface area contributed by atoms with Gasteiger partial charge in [-0.1, -0.05) is 77.3 Å². The zero-order valence-corrected chi connectivity index (χ0v) is 58.2. The molecule has 1 aromatic carbocycles. The van der Waals surface area contributed by atoms with E-state index in [1.807, 2.05) is 0 Å². The lowest BCUT2D eigenvalue weighted by Gasteiger charge is -2.41. The molecule has 3 heterocycles. The summed E-state index contributed by atoms with van der Waals surface area (Å²) in [4.78, 5) is 189. The van der Waals surface area contributed by atoms with Crippen LogP contribution in [-0.4, -0.2) is 252 Å². The van der Waals surface area contributed by atoms with Gasteiger partial charge in [0.05, 0.1) is 31.6 Å². The predicted molar refractivity (Wildman–Crippen MR) is 353 cm³/mol. The van der Waals surface area contributed by atoms with Crippen LogP contribution in [0.2, 0.25) is 0 Å². The number of hydrogen-bond acceptors (Lipinski definition) is 12. The summed E-state index contributed by atoms with van der Waals surface area (Å²) in [7, 11) is 9.92. The number of nitrogens with one attached hydrogen (secondary N) is 2. The molecule has 0 spiro atoms. The van der Waals surface area contributed by atoms with Gasteiger partial charge in [0.25, 0.3) is 11.8 Å². The number of nitrogens with zero attached hydrogens (tertiary/aromatic N) is 10. The van der Waals surface area contributed by atoms with Crippen LogP contribution >= 0.6 is 0 Å². The van der Waals surface area contributed by atoms with E-state index >= 15 is 4.79 Å². The summed E-state index contributed by atoms with van der Waals surface area (Å²) < 4.78 is 40.7. The monoisotopic (exact) mass is 1350 g/mol. The molecule has 12 amide bonds. The standard InChI is InChI=1S/C69H105F3N12O12/c1-11-45(2)60-67(95)78(6)43-58(88)76(4)44-59(89)80(8)53(40-48-24-15-12-16-25-48)65(93)77(5)42-55(85)74-51(35-32-47-30-33-50(34-31-47)69(70,71)72)64(92)84-39-23-28-52(84)63(91)73-36-20-19-29-56(86)82(10)61(49-26-17-13-18-27-49)68(96)81(9)54(66(94)83-37-21-14-22-38-83)41-57(87)79(7)46(3)62(90)75-60/h30-31,33-34,45-46,48-49,51-54,61H,11-29,32,35-44H2,1-10H3,(H,73,91)(H,74,85)/t45-,46-,51-,52-,53-,54-,61-/m0/s1. The van der Waals surface area contributed by atoms with Crippen LogP contribution in [0.15, 0.2) is 29.3 Å². The summed E-state index contributed by atoms with van der Waals surface area (Å²) in [5.74, 6) is -8.22. The Morgan fingerprint density at radius 2 is 1.24 bits per heavy atom. The number of carbonyl (C=O) groups excluding carboxylic acids is 12. The molecule has 24 nitrogen and oxygen atoms in total. The van der Waals surface area contributed by atoms with Crippen molar-refractivity contribution in [2.45, 2.75) is 211 Å². The number of carbonyl (C=O) groups is 12. The van der Waals surface area contributed by atoms with Crippen molar-refractivity contribution in [3.63, 3.8) is 0 Å². The largest absolute Gasteiger partial charge is 0.416 e. The highest BCUT2D eigenvalue weighted by atomic mass is 19.4. The minimum Gasteiger partial charge on any atom is -0.354 e. The maximum atomic E-state index is 15.2. The Balaban J connectivity index is 1.32. The third kappa shape index (κ3) is 21.0. The number of fused-ring (bicyclic) bond motifs is 1. The van der Waals surface area contributed by atoms with E-state index in [0.717, 1.165) is 102 Å². The maximum absolute atomic E-state index is 15.2. The van der Waals surface area contributed by atoms with Crippen molar-refractivity contribution in [2.75, 3.05) is 95.1 Å². The number of aryl methyl sites for hydroxylation is 1. The first kappa shape index (κ1) is 77.5. The summed E-state index contributed by atoms with van der Waals surface area (Å²) in [5.41, 5.74) is -0.615. The molecular weight excluding hydrogens is 1250 g/mol. The van der Waals surface area contributed by atoms with Gasteiger partial charge in [-0.05, 0) is 120 Å². The van der Waals surface area contributed by atoms with E-state index in [4.69, 9.17) is 0 Å². The van der Waals surface area contributed by atoms with Crippen LogP contribution in [0.1, 0.15) is 173 Å². The lowest BCUT2D eigenvalue weighted by molar-refractivity contribution is -0.154. The highest BCUT2D eigenvalue weighted by Crippen LogP contribution is 2.33. The Bertz CT molecular complexity index is 2950. The van der Waals surface area contributed by atoms with E-state index < -0.39 is 145 Å². The summed E-state index contributed by atoms with van der Waals surface area (Å²) in [6.07, 6.45) is 7.29. The lowest BCUT2D eigenvalue weighted by atomic mass is 9.82. The number of benzene rings is 1. The molecule has 6 rings (SSSR count). The highest BCUT2D eigenvalue weighted by molar-refractivity contribution is 6.41. The van der Waals surface area contributed by atoms with Crippen LogP contribution in [0.5, 0.6) is 0 Å². The molecule has 0 bridgehead atoms. The molecule has 0 radical (unpaired) electrons. The van der Waals surface area contributed by atoms with Crippen LogP contribution in [0.25, 0.3) is 0 Å². The normalized spacial score (nSPS) is 25.9. The van der Waals surface area contributed by atoms with Gasteiger partial charge in [-0.2, -0.15) is 13.2 Å². The Morgan fingerprint density at radius 1 is 0.625 bits per heavy atom. The van der Waals surface area contributed by atoms with E-state index in [0.29, 0.717) is 57.2 Å². The molecule has 2 saturated carbocycles. The quantitative estimate of drug-likeness (QED) is 0.328. The summed E-state index contributed by atoms with van der Waals surface area (Å²) in [6.45, 7) is 4.31. The van der Waals surface area contributed by atoms with Crippen molar-refractivity contribution in [1.82, 2.24) is 54.7 Å². The number of hydrogen-bond donors (Lipinski definition) is 2. The first-order chi connectivity index (χ1) is 45.4. The first-order valence-electron chi connectivity index (χ1n) is 34.7. The fraction of sp³-hybridized carbons (Fsp3) is 0.725. The number of rotatable bonds is 9. The molecular formula is C69H105F3N12O12. The molecule has 2 saturated heterocycles. The van der Waals surface area contributed by atoms with Crippen molar-refractivity contribution < 1.29 is 70.7 Å². The number of likely N-dealkylation sites (N-methyl/N-ethyl adjacent to an activating group) is 7. The minimum atomic E-state index is -4.59. The predicted octanol–water partition coefficient (Wildman–Crippen LogP) is 5.08. The van der Waals surface area contributed by atoms with E-state index in [1.165, 1.54) is 80.9 Å². The highest BCUT2D eigenvalue weighted by Gasteiger charge is 2.44. The molecule has 3 aliphatic heterocycles. The van der Waals surface area contributed by atoms with Crippen LogP contribution in [0.4, 0.5) is 13.2 Å². The second-order valence-corrected chi connectivity index (χ2v) is 27.4. The van der Waals surface area contributed by atoms with Crippen LogP contribution < -0.4 is 10.6 Å². The van der Waals surface area contributed by atoms with Crippen LogP contribution in [0.3, 0.4) is 0 Å². The third-order valence-electron chi connectivity index (χ3n) is 20.4. The zero-order chi connectivity index (χ0) is 70.7. The Kier molecular flexibility index (Phi) is 29.2. The molecule has 2 aliphatic carbocycles. The second-order valence-electron chi connectivity index (χ2n) is 27.4. The van der Waals surface area contributed by atoms with Gasteiger partial charge >= 0.3 is 6.18 Å². The van der Waals surface area contributed by atoms with Crippen molar-refractivity contribution in [2.24, 2.45) is 22.7 Å². The van der Waals surface area contributed by atoms with Gasteiger partial charge in [-0.25, -0.2) is 4.99 Å². The van der Waals surface area contributed by atoms with Gasteiger partial charge in [0.2, 0.25) is 59.1 Å². The van der Waals surface area contributed by atoms with Crippen molar-refractivity contribution >= 4 is 76.6 Å². The lowest BCUT2D eigenvalue weighted by Crippen LogP contribution is -2.59. The number of likely N-dealkylation sites (tertiary alicyclic amines) is 1. The number of piperidine rings is 1. The Labute approximate surface area is 564 Å². The van der Waals surface area contributed by atoms with Crippen molar-refractivity contribution in [1.29, 1.82) is 0 Å². The molecule has 2 N–H and O–H groups in total. The number of halogens is 3. The topological polar surface area (TPSA) is 270 Å². The summed E-state index contributed by atoms with van der Waals surface area (Å²) >= 11 is 0. The van der Waals surface area contributed by atoms with Gasteiger partial charge in [-0.15, -0.1) is 0 Å². The molecule has 0 aromatic heterocycles. The smallest absolute Gasteiger partial charge is 0.354 e. The average Bonchev–Trinajstić information content (AvgIpc) is 0.976. The SMILES string of the molecule is CC[C@H](C)C1=NC(=O)[C@H](C)N(C)C(=O)C[C@@H](C(=O)N2CCCCC2)N(C)C(=O)[C@H](C2CCCCC2)N(C)C(=O)CCCCNC(=O)[C@@H]2CCCN2C(=O)[C@H](CCc2ccc(C(F)(F)F)cc2)NC(=O)CN(C)C(=O)[C@H](CC2CCCCC2)N(C)C(=O)CN(C)C(=O)CN(C)C1=O. The molecule has 1 aromatic rings. The van der Waals surface area contributed by atoms with Crippen molar-refractivity contribution in [3.05, 3.63) is 35.4 Å². The summed E-state index contributed by atoms with van der Waals surface area (Å²) in [5, 5.41) is 5.66. The Hall–Kier alpha value is -7.48. The second kappa shape index (κ2) is 36.2. The molecule has 0 unspecified atom stereocenters. The number of alkyl halides is 3. The van der Waals surface area contributed by atoms with Gasteiger partial charge in [0, 0.05) is 87.9 Å². The van der Waals surface area contributed by atoms with Gasteiger partial charge in [0.1, 0.15) is 42.0 Å². The minimum absolute atomic E-state index is 0.0123. The maximum Gasteiger partial charge on any atom is 0.416 e. The van der Waals surface area contributed by atoms with E-state index in [9.17, 15) is 65.9 Å².